The van der Waals surface area contributed by atoms with E-state index in [1.165, 1.54) is 44.9 Å². The zero-order valence-electron chi connectivity index (χ0n) is 22.5. The van der Waals surface area contributed by atoms with E-state index in [2.05, 4.69) is 97.9 Å². The average Bonchev–Trinajstić information content (AvgIpc) is 3.42. The van der Waals surface area contributed by atoms with Crippen LogP contribution < -0.4 is 0 Å². The van der Waals surface area contributed by atoms with Crippen LogP contribution in [0.4, 0.5) is 0 Å². The Morgan fingerprint density at radius 3 is 1.65 bits per heavy atom. The molecule has 3 heteroatoms. The fourth-order valence-corrected chi connectivity index (χ4v) is 5.36. The van der Waals surface area contributed by atoms with E-state index in [0.717, 1.165) is 42.6 Å². The summed E-state index contributed by atoms with van der Waals surface area (Å²) in [6.07, 6.45) is 12.3. The molecule has 0 amide bonds. The third kappa shape index (κ3) is 7.77. The van der Waals surface area contributed by atoms with E-state index in [4.69, 9.17) is 14.2 Å². The van der Waals surface area contributed by atoms with Crippen molar-refractivity contribution in [2.45, 2.75) is 89.1 Å². The lowest BCUT2D eigenvalue weighted by atomic mass is 9.80. The largest absolute Gasteiger partial charge is 0.358 e. The lowest BCUT2D eigenvalue weighted by Gasteiger charge is -2.36. The van der Waals surface area contributed by atoms with Crippen LogP contribution >= 0.6 is 0 Å². The number of hydrogen-bond donors (Lipinski definition) is 0. The van der Waals surface area contributed by atoms with E-state index >= 15 is 0 Å². The van der Waals surface area contributed by atoms with Gasteiger partial charge in [-0.2, -0.15) is 0 Å². The maximum atomic E-state index is 6.94. The van der Waals surface area contributed by atoms with Gasteiger partial charge in [0.05, 0.1) is 12.7 Å². The van der Waals surface area contributed by atoms with E-state index in [1.807, 2.05) is 0 Å². The molecule has 0 aromatic heterocycles. The molecule has 37 heavy (non-hydrogen) atoms. The van der Waals surface area contributed by atoms with Crippen molar-refractivity contribution in [2.75, 3.05) is 13.2 Å². The van der Waals surface area contributed by atoms with E-state index in [1.54, 1.807) is 0 Å². The highest BCUT2D eigenvalue weighted by atomic mass is 16.7. The molecule has 3 nitrogen and oxygen atoms in total. The molecule has 1 fully saturated rings. The zero-order valence-corrected chi connectivity index (χ0v) is 22.5. The van der Waals surface area contributed by atoms with Gasteiger partial charge >= 0.3 is 0 Å². The summed E-state index contributed by atoms with van der Waals surface area (Å²) in [4.78, 5) is 0. The normalized spacial score (nSPS) is 17.8. The first-order valence-electron chi connectivity index (χ1n) is 14.4. The summed E-state index contributed by atoms with van der Waals surface area (Å²) >= 11 is 0. The van der Waals surface area contributed by atoms with Crippen LogP contribution in [0, 0.1) is 0 Å². The highest BCUT2D eigenvalue weighted by Gasteiger charge is 2.39. The molecule has 0 saturated carbocycles. The van der Waals surface area contributed by atoms with Crippen LogP contribution in [0.1, 0.15) is 87.8 Å². The Hall–Kier alpha value is -2.46. The Balaban J connectivity index is 1.35. The number of unbranched alkanes of at least 4 members (excludes halogenated alkanes) is 7. The second-order valence-electron chi connectivity index (χ2n) is 10.2. The molecule has 4 rings (SSSR count). The number of rotatable bonds is 16. The molecule has 1 heterocycles. The molecule has 1 aliphatic heterocycles. The molecule has 0 N–H and O–H groups in total. The molecule has 0 bridgehead atoms. The number of benzene rings is 3. The van der Waals surface area contributed by atoms with Crippen molar-refractivity contribution in [3.05, 3.63) is 108 Å². The predicted octanol–water partition coefficient (Wildman–Crippen LogP) is 8.66. The van der Waals surface area contributed by atoms with Crippen molar-refractivity contribution in [3.8, 4) is 0 Å². The van der Waals surface area contributed by atoms with E-state index in [9.17, 15) is 0 Å². The van der Waals surface area contributed by atoms with E-state index in [0.29, 0.717) is 6.61 Å². The Labute approximate surface area is 224 Å². The van der Waals surface area contributed by atoms with Crippen molar-refractivity contribution >= 4 is 0 Å². The lowest BCUT2D eigenvalue weighted by Crippen LogP contribution is -2.35. The molecule has 0 radical (unpaired) electrons. The van der Waals surface area contributed by atoms with Gasteiger partial charge in [-0.05, 0) is 29.5 Å². The molecular formula is C34H44O3. The molecule has 3 aromatic rings. The molecule has 0 aliphatic carbocycles. The van der Waals surface area contributed by atoms with Gasteiger partial charge in [-0.15, -0.1) is 0 Å². The van der Waals surface area contributed by atoms with Crippen LogP contribution in [0.15, 0.2) is 91.0 Å². The van der Waals surface area contributed by atoms with Gasteiger partial charge in [0.25, 0.3) is 0 Å². The van der Waals surface area contributed by atoms with Gasteiger partial charge in [0.15, 0.2) is 6.29 Å². The van der Waals surface area contributed by atoms with Gasteiger partial charge in [0, 0.05) is 13.0 Å². The van der Waals surface area contributed by atoms with Crippen molar-refractivity contribution < 1.29 is 14.2 Å². The SMILES string of the molecule is CCCCCCCCCCOC1CCC(COC(c2ccccc2)(c2ccccc2)c2ccccc2)O1. The Bertz CT molecular complexity index is 893. The summed E-state index contributed by atoms with van der Waals surface area (Å²) in [5.74, 6) is 0. The van der Waals surface area contributed by atoms with Gasteiger partial charge < -0.3 is 14.2 Å². The summed E-state index contributed by atoms with van der Waals surface area (Å²) in [5, 5.41) is 0. The summed E-state index contributed by atoms with van der Waals surface area (Å²) in [6, 6.07) is 31.6. The van der Waals surface area contributed by atoms with Crippen LogP contribution in [0.2, 0.25) is 0 Å². The van der Waals surface area contributed by atoms with Crippen molar-refractivity contribution in [2.24, 2.45) is 0 Å². The Morgan fingerprint density at radius 1 is 0.649 bits per heavy atom. The fourth-order valence-electron chi connectivity index (χ4n) is 5.36. The third-order valence-corrected chi connectivity index (χ3v) is 7.40. The number of ether oxygens (including phenoxy) is 3. The minimum atomic E-state index is -0.705. The maximum Gasteiger partial charge on any atom is 0.158 e. The molecule has 0 spiro atoms. The van der Waals surface area contributed by atoms with Crippen molar-refractivity contribution in [1.29, 1.82) is 0 Å². The second-order valence-corrected chi connectivity index (χ2v) is 10.2. The zero-order chi connectivity index (χ0) is 25.6. The molecule has 2 unspecified atom stereocenters. The van der Waals surface area contributed by atoms with Crippen LogP contribution in [-0.2, 0) is 19.8 Å². The topological polar surface area (TPSA) is 27.7 Å². The summed E-state index contributed by atoms with van der Waals surface area (Å²) in [5.41, 5.74) is 2.65. The summed E-state index contributed by atoms with van der Waals surface area (Å²) in [6.45, 7) is 3.57. The third-order valence-electron chi connectivity index (χ3n) is 7.40. The monoisotopic (exact) mass is 500 g/mol. The molecule has 1 saturated heterocycles. The minimum Gasteiger partial charge on any atom is -0.358 e. The highest BCUT2D eigenvalue weighted by Crippen LogP contribution is 2.41. The van der Waals surface area contributed by atoms with Gasteiger partial charge in [-0.1, -0.05) is 143 Å². The van der Waals surface area contributed by atoms with E-state index < -0.39 is 5.60 Å². The molecular weight excluding hydrogens is 456 g/mol. The van der Waals surface area contributed by atoms with Crippen LogP contribution in [-0.4, -0.2) is 25.6 Å². The minimum absolute atomic E-state index is 0.0269. The molecule has 2 atom stereocenters. The Kier molecular flexibility index (Phi) is 11.2. The van der Waals surface area contributed by atoms with Gasteiger partial charge in [-0.25, -0.2) is 0 Å². The van der Waals surface area contributed by atoms with Gasteiger partial charge in [0.1, 0.15) is 5.60 Å². The van der Waals surface area contributed by atoms with Crippen molar-refractivity contribution in [3.63, 3.8) is 0 Å². The van der Waals surface area contributed by atoms with E-state index in [-0.39, 0.29) is 12.4 Å². The standard InChI is InChI=1S/C34H44O3/c1-2-3-4-5-6-7-8-18-27-35-33-26-25-32(37-33)28-36-34(29-19-12-9-13-20-29,30-21-14-10-15-22-30)31-23-16-11-17-24-31/h9-17,19-24,32-33H,2-8,18,25-28H2,1H3. The smallest absolute Gasteiger partial charge is 0.158 e. The first-order valence-corrected chi connectivity index (χ1v) is 14.4. The lowest BCUT2D eigenvalue weighted by molar-refractivity contribution is -0.153. The Morgan fingerprint density at radius 2 is 1.14 bits per heavy atom. The summed E-state index contributed by atoms with van der Waals surface area (Å²) in [7, 11) is 0. The second kappa shape index (κ2) is 15.1. The predicted molar refractivity (Wildman–Crippen MR) is 152 cm³/mol. The van der Waals surface area contributed by atoms with Gasteiger partial charge in [-0.3, -0.25) is 0 Å². The van der Waals surface area contributed by atoms with Crippen LogP contribution in [0.3, 0.4) is 0 Å². The molecule has 198 valence electrons. The molecule has 1 aliphatic rings. The van der Waals surface area contributed by atoms with Crippen LogP contribution in [0.25, 0.3) is 0 Å². The summed E-state index contributed by atoms with van der Waals surface area (Å²) < 4.78 is 19.3. The molecule has 3 aromatic carbocycles. The average molecular weight is 501 g/mol. The quantitative estimate of drug-likeness (QED) is 0.145. The first kappa shape index (κ1) is 27.6. The first-order chi connectivity index (χ1) is 18.3. The highest BCUT2D eigenvalue weighted by molar-refractivity contribution is 5.47. The fraction of sp³-hybridized carbons (Fsp3) is 0.471. The maximum absolute atomic E-state index is 6.94. The van der Waals surface area contributed by atoms with Crippen molar-refractivity contribution in [1.82, 2.24) is 0 Å². The number of hydrogen-bond acceptors (Lipinski definition) is 3. The van der Waals surface area contributed by atoms with Gasteiger partial charge in [0.2, 0.25) is 0 Å². The van der Waals surface area contributed by atoms with Crippen LogP contribution in [0.5, 0.6) is 0 Å².